The van der Waals surface area contributed by atoms with Gasteiger partial charge in [-0.1, -0.05) is 6.07 Å². The van der Waals surface area contributed by atoms with Gasteiger partial charge in [-0.25, -0.2) is 4.79 Å². The number of carbonyl (C=O) groups is 1. The summed E-state index contributed by atoms with van der Waals surface area (Å²) >= 11 is 0. The Labute approximate surface area is 76.4 Å². The zero-order valence-electron chi connectivity index (χ0n) is 7.61. The highest BCUT2D eigenvalue weighted by atomic mass is 16.4. The number of hydrogen-bond donors (Lipinski definition) is 2. The number of rotatable bonds is 2. The Morgan fingerprint density at radius 1 is 1.62 bits per heavy atom. The van der Waals surface area contributed by atoms with Crippen LogP contribution in [0.25, 0.3) is 0 Å². The number of carboxylic acid groups (broad SMARTS) is 1. The molecule has 0 aliphatic rings. The molecule has 70 valence electrons. The van der Waals surface area contributed by atoms with Gasteiger partial charge >= 0.3 is 5.97 Å². The first-order valence-electron chi connectivity index (χ1n) is 3.90. The number of nitrogens with zero attached hydrogens (tertiary/aromatic N) is 1. The minimum absolute atomic E-state index is 0.366. The van der Waals surface area contributed by atoms with Crippen molar-refractivity contribution in [2.75, 3.05) is 0 Å². The van der Waals surface area contributed by atoms with Crippen LogP contribution in [0.4, 0.5) is 0 Å². The van der Waals surface area contributed by atoms with Gasteiger partial charge in [-0.15, -0.1) is 0 Å². The fraction of sp³-hybridized carbons (Fsp3) is 0.333. The Hall–Kier alpha value is -1.42. The summed E-state index contributed by atoms with van der Waals surface area (Å²) in [7, 11) is 0. The van der Waals surface area contributed by atoms with Crippen molar-refractivity contribution in [3.05, 3.63) is 29.6 Å². The maximum Gasteiger partial charge on any atom is 0.329 e. The molecule has 1 unspecified atom stereocenters. The SMILES string of the molecule is Cc1ccc(C(C)(N)C(=O)O)nc1. The van der Waals surface area contributed by atoms with Gasteiger partial charge in [0.1, 0.15) is 0 Å². The van der Waals surface area contributed by atoms with Gasteiger partial charge in [-0.2, -0.15) is 0 Å². The van der Waals surface area contributed by atoms with E-state index in [-0.39, 0.29) is 0 Å². The van der Waals surface area contributed by atoms with Crippen molar-refractivity contribution in [3.63, 3.8) is 0 Å². The highest BCUT2D eigenvalue weighted by Crippen LogP contribution is 2.15. The third kappa shape index (κ3) is 1.84. The highest BCUT2D eigenvalue weighted by molar-refractivity contribution is 5.79. The van der Waals surface area contributed by atoms with E-state index in [1.54, 1.807) is 18.3 Å². The molecule has 1 aromatic rings. The van der Waals surface area contributed by atoms with E-state index in [0.29, 0.717) is 5.69 Å². The molecule has 3 N–H and O–H groups in total. The zero-order valence-corrected chi connectivity index (χ0v) is 7.61. The third-order valence-corrected chi connectivity index (χ3v) is 1.89. The van der Waals surface area contributed by atoms with Gasteiger partial charge in [0.25, 0.3) is 0 Å². The molecule has 0 fully saturated rings. The molecule has 1 rings (SSSR count). The average molecular weight is 180 g/mol. The van der Waals surface area contributed by atoms with Crippen molar-refractivity contribution in [3.8, 4) is 0 Å². The fourth-order valence-electron chi connectivity index (χ4n) is 0.885. The largest absolute Gasteiger partial charge is 0.480 e. The van der Waals surface area contributed by atoms with Crippen LogP contribution < -0.4 is 5.73 Å². The molecule has 0 bridgehead atoms. The Morgan fingerprint density at radius 3 is 2.62 bits per heavy atom. The molecule has 0 saturated carbocycles. The number of pyridine rings is 1. The van der Waals surface area contributed by atoms with Crippen molar-refractivity contribution < 1.29 is 9.90 Å². The summed E-state index contributed by atoms with van der Waals surface area (Å²) < 4.78 is 0. The molecule has 0 aromatic carbocycles. The Morgan fingerprint density at radius 2 is 2.23 bits per heavy atom. The number of carboxylic acids is 1. The number of nitrogens with two attached hydrogens (primary N) is 1. The van der Waals surface area contributed by atoms with Crippen LogP contribution in [0.5, 0.6) is 0 Å². The normalized spacial score (nSPS) is 15.0. The van der Waals surface area contributed by atoms with Crippen molar-refractivity contribution in [2.45, 2.75) is 19.4 Å². The van der Waals surface area contributed by atoms with Crippen molar-refractivity contribution in [1.82, 2.24) is 4.98 Å². The van der Waals surface area contributed by atoms with E-state index in [0.717, 1.165) is 5.56 Å². The number of aliphatic carboxylic acids is 1. The van der Waals surface area contributed by atoms with Crippen molar-refractivity contribution in [1.29, 1.82) is 0 Å². The predicted molar refractivity (Wildman–Crippen MR) is 48.1 cm³/mol. The molecule has 4 heteroatoms. The van der Waals surface area contributed by atoms with Crippen LogP contribution in [0.2, 0.25) is 0 Å². The Bertz CT molecular complexity index is 317. The molecule has 0 radical (unpaired) electrons. The van der Waals surface area contributed by atoms with Gasteiger partial charge in [0.2, 0.25) is 0 Å². The molecule has 0 amide bonds. The van der Waals surface area contributed by atoms with Gasteiger partial charge in [0.15, 0.2) is 5.54 Å². The second-order valence-corrected chi connectivity index (χ2v) is 3.23. The summed E-state index contributed by atoms with van der Waals surface area (Å²) in [4.78, 5) is 14.7. The van der Waals surface area contributed by atoms with Gasteiger partial charge < -0.3 is 10.8 Å². The lowest BCUT2D eigenvalue weighted by molar-refractivity contribution is -0.143. The molecule has 0 aliphatic heterocycles. The molecule has 1 aromatic heterocycles. The lowest BCUT2D eigenvalue weighted by Crippen LogP contribution is -2.42. The number of hydrogen-bond acceptors (Lipinski definition) is 3. The summed E-state index contributed by atoms with van der Waals surface area (Å²) in [5, 5.41) is 8.80. The maximum absolute atomic E-state index is 10.7. The van der Waals surface area contributed by atoms with Crippen LogP contribution in [-0.2, 0) is 10.3 Å². The number of aryl methyl sites for hydroxylation is 1. The topological polar surface area (TPSA) is 76.2 Å². The van der Waals surface area contributed by atoms with E-state index in [9.17, 15) is 4.79 Å². The lowest BCUT2D eigenvalue weighted by atomic mass is 9.99. The fourth-order valence-corrected chi connectivity index (χ4v) is 0.885. The van der Waals surface area contributed by atoms with Gasteiger partial charge in [-0.3, -0.25) is 4.98 Å². The molecular formula is C9H12N2O2. The summed E-state index contributed by atoms with van der Waals surface area (Å²) in [6, 6.07) is 3.42. The van der Waals surface area contributed by atoms with Crippen LogP contribution >= 0.6 is 0 Å². The average Bonchev–Trinajstić information content (AvgIpc) is 2.04. The van der Waals surface area contributed by atoms with Gasteiger partial charge in [-0.05, 0) is 25.5 Å². The minimum atomic E-state index is -1.41. The molecule has 1 heterocycles. The molecule has 13 heavy (non-hydrogen) atoms. The van der Waals surface area contributed by atoms with Crippen LogP contribution in [0.1, 0.15) is 18.2 Å². The molecule has 0 aliphatic carbocycles. The highest BCUT2D eigenvalue weighted by Gasteiger charge is 2.31. The molecule has 4 nitrogen and oxygen atoms in total. The zero-order chi connectivity index (χ0) is 10.1. The molecule has 1 atom stereocenters. The smallest absolute Gasteiger partial charge is 0.329 e. The Balaban J connectivity index is 3.08. The predicted octanol–water partition coefficient (Wildman–Crippen LogP) is 0.649. The van der Waals surface area contributed by atoms with Crippen LogP contribution in [0, 0.1) is 6.92 Å². The van der Waals surface area contributed by atoms with E-state index in [1.807, 2.05) is 6.92 Å². The third-order valence-electron chi connectivity index (χ3n) is 1.89. The van der Waals surface area contributed by atoms with Gasteiger partial charge in [0, 0.05) is 6.20 Å². The quantitative estimate of drug-likeness (QED) is 0.700. The van der Waals surface area contributed by atoms with Crippen molar-refractivity contribution in [2.24, 2.45) is 5.73 Å². The monoisotopic (exact) mass is 180 g/mol. The first-order valence-corrected chi connectivity index (χ1v) is 3.90. The van der Waals surface area contributed by atoms with Crippen LogP contribution in [-0.4, -0.2) is 16.1 Å². The van der Waals surface area contributed by atoms with E-state index >= 15 is 0 Å². The molecule has 0 saturated heterocycles. The first-order chi connectivity index (χ1) is 5.94. The summed E-state index contributed by atoms with van der Waals surface area (Å²) in [6.07, 6.45) is 1.60. The minimum Gasteiger partial charge on any atom is -0.480 e. The van der Waals surface area contributed by atoms with E-state index in [1.165, 1.54) is 6.92 Å². The van der Waals surface area contributed by atoms with E-state index in [2.05, 4.69) is 4.98 Å². The second-order valence-electron chi connectivity index (χ2n) is 3.23. The lowest BCUT2D eigenvalue weighted by Gasteiger charge is -2.18. The van der Waals surface area contributed by atoms with E-state index < -0.39 is 11.5 Å². The summed E-state index contributed by atoms with van der Waals surface area (Å²) in [5.41, 5.74) is 5.50. The second kappa shape index (κ2) is 3.14. The Kier molecular flexibility index (Phi) is 2.34. The summed E-state index contributed by atoms with van der Waals surface area (Å²) in [5.74, 6) is -1.08. The van der Waals surface area contributed by atoms with Crippen molar-refractivity contribution >= 4 is 5.97 Å². The number of aromatic nitrogens is 1. The van der Waals surface area contributed by atoms with Gasteiger partial charge in [0.05, 0.1) is 5.69 Å². The van der Waals surface area contributed by atoms with E-state index in [4.69, 9.17) is 10.8 Å². The van der Waals surface area contributed by atoms with Crippen LogP contribution in [0.3, 0.4) is 0 Å². The molecular weight excluding hydrogens is 168 g/mol. The first kappa shape index (κ1) is 9.67. The van der Waals surface area contributed by atoms with Crippen LogP contribution in [0.15, 0.2) is 18.3 Å². The molecule has 0 spiro atoms. The maximum atomic E-state index is 10.7. The summed E-state index contributed by atoms with van der Waals surface area (Å²) in [6.45, 7) is 3.30. The standard InChI is InChI=1S/C9H12N2O2/c1-6-3-4-7(11-5-6)9(2,10)8(12)13/h3-5H,10H2,1-2H3,(H,12,13).